The molecule has 1 unspecified atom stereocenters. The van der Waals surface area contributed by atoms with Crippen molar-refractivity contribution in [3.8, 4) is 0 Å². The summed E-state index contributed by atoms with van der Waals surface area (Å²) in [5.41, 5.74) is 0. The Morgan fingerprint density at radius 2 is 2.25 bits per heavy atom. The maximum absolute atomic E-state index is 11.7. The summed E-state index contributed by atoms with van der Waals surface area (Å²) in [6.07, 6.45) is 3.37. The maximum atomic E-state index is 11.7. The van der Waals surface area contributed by atoms with E-state index in [4.69, 9.17) is 4.89 Å². The summed E-state index contributed by atoms with van der Waals surface area (Å²) in [5.74, 6) is 0. The smallest absolute Gasteiger partial charge is 0.327 e. The van der Waals surface area contributed by atoms with Crippen molar-refractivity contribution in [3.63, 3.8) is 0 Å². The minimum Gasteiger partial charge on any atom is -0.327 e. The van der Waals surface area contributed by atoms with Crippen LogP contribution in [-0.4, -0.2) is 15.9 Å². The second kappa shape index (κ2) is 5.16. The topological polar surface area (TPSA) is 45.1 Å². The molecule has 0 aromatic heterocycles. The Morgan fingerprint density at radius 3 is 2.58 bits per heavy atom. The number of aliphatic imine (C=N–C) groups is 1. The fourth-order valence-corrected chi connectivity index (χ4v) is 1.16. The lowest BCUT2D eigenvalue weighted by molar-refractivity contribution is -0.0112. The molecule has 4 nitrogen and oxygen atoms in total. The average molecular weight is 210 g/mol. The summed E-state index contributed by atoms with van der Waals surface area (Å²) in [6.45, 7) is 2.93. The molecule has 0 aliphatic carbocycles. The zero-order chi connectivity index (χ0) is 9.61. The molecule has 0 bridgehead atoms. The van der Waals surface area contributed by atoms with E-state index in [0.29, 0.717) is 0 Å². The quantitative estimate of drug-likeness (QED) is 0.426. The number of hydrogen-bond acceptors (Lipinski definition) is 3. The van der Waals surface area contributed by atoms with Crippen LogP contribution >= 0.6 is 6.64 Å². The lowest BCUT2D eigenvalue weighted by Gasteiger charge is -2.18. The van der Waals surface area contributed by atoms with Gasteiger partial charge in [-0.05, 0) is 16.3 Å². The van der Waals surface area contributed by atoms with Gasteiger partial charge in [0.25, 0.3) is 0 Å². The zero-order valence-electron chi connectivity index (χ0n) is 6.13. The molecule has 1 N–H and O–H groups in total. The highest BCUT2D eigenvalue weighted by Crippen LogP contribution is 2.46. The first kappa shape index (κ1) is 11.4. The predicted octanol–water partition coefficient (Wildman–Crippen LogP) is 1.72. The fourth-order valence-electron chi connectivity index (χ4n) is 0.367. The van der Waals surface area contributed by atoms with Crippen molar-refractivity contribution in [2.24, 2.45) is 4.99 Å². The first-order chi connectivity index (χ1) is 5.58. The number of hydrogen-bond donors (Lipinski definition) is 1. The predicted molar refractivity (Wildman–Crippen MR) is 49.4 cm³/mol. The highest BCUT2D eigenvalue weighted by Gasteiger charge is 2.20. The van der Waals surface area contributed by atoms with Gasteiger partial charge in [0.05, 0.1) is 0 Å². The van der Waals surface area contributed by atoms with Gasteiger partial charge in [-0.15, -0.1) is 4.73 Å². The molecule has 0 aromatic carbocycles. The Balaban J connectivity index is 4.55. The van der Waals surface area contributed by atoms with Crippen molar-refractivity contribution in [1.82, 2.24) is 4.67 Å². The molecular formula is C5H8FN2O2PS. The van der Waals surface area contributed by atoms with Gasteiger partial charge in [-0.2, -0.15) is 0 Å². The maximum Gasteiger partial charge on any atom is 0.327 e. The average Bonchev–Trinajstić information content (AvgIpc) is 2.05. The molecule has 0 aromatic rings. The van der Waals surface area contributed by atoms with E-state index in [1.54, 1.807) is 0 Å². The molecule has 0 radical (unpaired) electrons. The van der Waals surface area contributed by atoms with Crippen molar-refractivity contribution in [2.75, 3.05) is 0 Å². The molecule has 0 heterocycles. The van der Waals surface area contributed by atoms with Crippen molar-refractivity contribution in [3.05, 3.63) is 25.6 Å². The van der Waals surface area contributed by atoms with E-state index >= 15 is 0 Å². The van der Waals surface area contributed by atoms with Crippen LogP contribution in [0.25, 0.3) is 0 Å². The van der Waals surface area contributed by atoms with Gasteiger partial charge in [-0.3, -0.25) is 4.67 Å². The fraction of sp³-hybridized carbons (Fsp3) is 0. The highest BCUT2D eigenvalue weighted by molar-refractivity contribution is 8.08. The number of rotatable bonds is 5. The Kier molecular flexibility index (Phi) is 4.92. The van der Waals surface area contributed by atoms with E-state index in [0.717, 1.165) is 17.2 Å². The molecule has 12 heavy (non-hydrogen) atoms. The first-order valence-corrected chi connectivity index (χ1v) is 5.39. The Morgan fingerprint density at radius 1 is 1.67 bits per heavy atom. The molecule has 0 aliphatic rings. The molecule has 0 saturated carbocycles. The van der Waals surface area contributed by atoms with Crippen LogP contribution in [0.1, 0.15) is 0 Å². The zero-order valence-corrected chi connectivity index (χ0v) is 7.84. The molecule has 0 rings (SSSR count). The summed E-state index contributed by atoms with van der Waals surface area (Å²) in [6, 6.07) is 0. The van der Waals surface area contributed by atoms with Gasteiger partial charge in [-0.1, -0.05) is 13.2 Å². The van der Waals surface area contributed by atoms with Gasteiger partial charge >= 0.3 is 6.64 Å². The van der Waals surface area contributed by atoms with Gasteiger partial charge in [0.15, 0.2) is 0 Å². The van der Waals surface area contributed by atoms with Gasteiger partial charge in [-0.25, -0.2) is 4.99 Å². The number of nitrogens with zero attached hydrogens (tertiary/aromatic N) is 2. The Hall–Kier alpha value is -0.550. The van der Waals surface area contributed by atoms with Crippen molar-refractivity contribution < 1.29 is 14.1 Å². The SMILES string of the molecule is C=CN=CN(C=C)P(O)(=S)OF. The van der Waals surface area contributed by atoms with E-state index in [2.05, 4.69) is 34.7 Å². The number of halogens is 1. The second-order valence-corrected chi connectivity index (χ2v) is 4.58. The van der Waals surface area contributed by atoms with E-state index in [9.17, 15) is 4.53 Å². The highest BCUT2D eigenvalue weighted by atomic mass is 32.5. The molecule has 0 spiro atoms. The molecule has 0 amide bonds. The van der Waals surface area contributed by atoms with Crippen molar-refractivity contribution >= 4 is 24.8 Å². The molecule has 1 atom stereocenters. The van der Waals surface area contributed by atoms with Crippen molar-refractivity contribution in [1.29, 1.82) is 0 Å². The van der Waals surface area contributed by atoms with Gasteiger partial charge in [0, 0.05) is 12.4 Å². The standard InChI is InChI=1S/C5H8FN2O2PS/c1-3-7-5-8(4-2)11(9,12)10-6/h3-5H,1-2H2,(H,9,12). The minimum atomic E-state index is -3.63. The molecule has 0 fully saturated rings. The molecule has 7 heteroatoms. The molecule has 0 saturated heterocycles. The second-order valence-electron chi connectivity index (χ2n) is 1.57. The Bertz CT molecular complexity index is 246. The van der Waals surface area contributed by atoms with Crippen LogP contribution in [0.3, 0.4) is 0 Å². The molecule has 0 aliphatic heterocycles. The summed E-state index contributed by atoms with van der Waals surface area (Å²) in [7, 11) is 0. The largest absolute Gasteiger partial charge is 0.327 e. The monoisotopic (exact) mass is 210 g/mol. The first-order valence-electron chi connectivity index (χ1n) is 2.77. The normalized spacial score (nSPS) is 15.5. The van der Waals surface area contributed by atoms with Gasteiger partial charge < -0.3 is 4.89 Å². The van der Waals surface area contributed by atoms with Crippen LogP contribution in [0, 0.1) is 0 Å². The van der Waals surface area contributed by atoms with E-state index in [1.807, 2.05) is 0 Å². The third-order valence-electron chi connectivity index (χ3n) is 0.859. The lowest BCUT2D eigenvalue weighted by Crippen LogP contribution is -2.10. The summed E-state index contributed by atoms with van der Waals surface area (Å²) in [5, 5.41) is 0. The Labute approximate surface area is 74.8 Å². The van der Waals surface area contributed by atoms with Crippen LogP contribution < -0.4 is 0 Å². The summed E-state index contributed by atoms with van der Waals surface area (Å²) >= 11 is 4.38. The van der Waals surface area contributed by atoms with Gasteiger partial charge in [0.2, 0.25) is 0 Å². The summed E-state index contributed by atoms with van der Waals surface area (Å²) < 4.78 is 15.7. The van der Waals surface area contributed by atoms with Crippen LogP contribution in [0.4, 0.5) is 4.53 Å². The van der Waals surface area contributed by atoms with Crippen LogP contribution in [0.2, 0.25) is 0 Å². The van der Waals surface area contributed by atoms with Gasteiger partial charge in [0.1, 0.15) is 6.34 Å². The van der Waals surface area contributed by atoms with Crippen LogP contribution in [0.5, 0.6) is 0 Å². The lowest BCUT2D eigenvalue weighted by atomic mass is 10.9. The van der Waals surface area contributed by atoms with Crippen LogP contribution in [0.15, 0.2) is 30.6 Å². The summed E-state index contributed by atoms with van der Waals surface area (Å²) in [4.78, 5) is 12.6. The van der Waals surface area contributed by atoms with E-state index < -0.39 is 6.64 Å². The van der Waals surface area contributed by atoms with Crippen molar-refractivity contribution in [2.45, 2.75) is 0 Å². The third-order valence-corrected chi connectivity index (χ3v) is 2.62. The van der Waals surface area contributed by atoms with E-state index in [-0.39, 0.29) is 0 Å². The molecular weight excluding hydrogens is 202 g/mol. The minimum absolute atomic E-state index is 0.865. The molecule has 68 valence electrons. The van der Waals surface area contributed by atoms with Crippen LogP contribution in [-0.2, 0) is 16.5 Å². The third kappa shape index (κ3) is 3.23. The van der Waals surface area contributed by atoms with E-state index in [1.165, 1.54) is 6.20 Å².